The molecule has 0 aromatic heterocycles. The van der Waals surface area contributed by atoms with Crippen molar-refractivity contribution < 1.29 is 18.0 Å². The van der Waals surface area contributed by atoms with Crippen LogP contribution < -0.4 is 5.32 Å². The Morgan fingerprint density at radius 3 is 2.61 bits per heavy atom. The molecule has 0 bridgehead atoms. The zero-order valence-electron chi connectivity index (χ0n) is 15.7. The highest BCUT2D eigenvalue weighted by Gasteiger charge is 2.25. The highest BCUT2D eigenvalue weighted by molar-refractivity contribution is 8.01. The summed E-state index contributed by atoms with van der Waals surface area (Å²) in [5.74, 6) is -0.658. The van der Waals surface area contributed by atoms with E-state index < -0.39 is 9.84 Å². The van der Waals surface area contributed by atoms with Crippen LogP contribution in [0, 0.1) is 0 Å². The average Bonchev–Trinajstić information content (AvgIpc) is 2.67. The molecule has 1 atom stereocenters. The minimum atomic E-state index is -3.63. The second kappa shape index (κ2) is 8.36. The van der Waals surface area contributed by atoms with Crippen LogP contribution in [0.3, 0.4) is 0 Å². The third kappa shape index (κ3) is 4.74. The number of hydrogen-bond donors (Lipinski definition) is 1. The number of nitrogens with one attached hydrogen (secondary N) is 1. The minimum Gasteiger partial charge on any atom is -0.341 e. The quantitative estimate of drug-likeness (QED) is 0.780. The number of amides is 2. The van der Waals surface area contributed by atoms with E-state index in [-0.39, 0.29) is 34.1 Å². The van der Waals surface area contributed by atoms with Crippen LogP contribution in [0.15, 0.2) is 58.3 Å². The fourth-order valence-corrected chi connectivity index (χ4v) is 5.04. The van der Waals surface area contributed by atoms with Gasteiger partial charge in [0.2, 0.25) is 11.8 Å². The number of carbonyl (C=O) groups is 2. The molecule has 0 unspecified atom stereocenters. The average molecular weight is 419 g/mol. The first-order valence-electron chi connectivity index (χ1n) is 8.88. The number of sulfone groups is 1. The Morgan fingerprint density at radius 2 is 1.89 bits per heavy atom. The summed E-state index contributed by atoms with van der Waals surface area (Å²) in [5, 5.41) is 2.52. The number of thioether (sulfide) groups is 1. The monoisotopic (exact) mass is 418 g/mol. The molecule has 1 heterocycles. The first-order valence-corrected chi connectivity index (χ1v) is 11.4. The molecule has 0 radical (unpaired) electrons. The Bertz CT molecular complexity index is 991. The maximum Gasteiger partial charge on any atom is 0.237 e. The van der Waals surface area contributed by atoms with Crippen molar-refractivity contribution in [3.63, 3.8) is 0 Å². The number of anilines is 1. The Hall–Kier alpha value is -2.32. The standard InChI is InChI=1S/C20H22N2O4S2/c1-14-20(24)21-17-12-16(8-9-18(17)27-14)28(25,26)11-10-19(23)22(2)13-15-6-4-3-5-7-15/h3-9,12,14H,10-11,13H2,1-2H3,(H,21,24)/t14-/m1/s1. The highest BCUT2D eigenvalue weighted by atomic mass is 32.2. The third-order valence-corrected chi connectivity index (χ3v) is 7.41. The van der Waals surface area contributed by atoms with Gasteiger partial charge in [-0.3, -0.25) is 9.59 Å². The smallest absolute Gasteiger partial charge is 0.237 e. The lowest BCUT2D eigenvalue weighted by molar-refractivity contribution is -0.130. The topological polar surface area (TPSA) is 83.6 Å². The summed E-state index contributed by atoms with van der Waals surface area (Å²) in [6, 6.07) is 14.2. The lowest BCUT2D eigenvalue weighted by Gasteiger charge is -2.22. The van der Waals surface area contributed by atoms with Crippen molar-refractivity contribution in [3.05, 3.63) is 54.1 Å². The van der Waals surface area contributed by atoms with Gasteiger partial charge in [-0.25, -0.2) is 8.42 Å². The Morgan fingerprint density at radius 1 is 1.18 bits per heavy atom. The van der Waals surface area contributed by atoms with E-state index >= 15 is 0 Å². The van der Waals surface area contributed by atoms with Crippen LogP contribution in [0.1, 0.15) is 18.9 Å². The Balaban J connectivity index is 1.64. The van der Waals surface area contributed by atoms with Gasteiger partial charge in [0.1, 0.15) is 0 Å². The summed E-state index contributed by atoms with van der Waals surface area (Å²) in [6.07, 6.45) is -0.0963. The molecule has 1 N–H and O–H groups in total. The Kier molecular flexibility index (Phi) is 6.10. The summed E-state index contributed by atoms with van der Waals surface area (Å²) in [7, 11) is -1.97. The van der Waals surface area contributed by atoms with E-state index in [9.17, 15) is 18.0 Å². The van der Waals surface area contributed by atoms with Crippen LogP contribution in [-0.4, -0.2) is 43.2 Å². The zero-order valence-corrected chi connectivity index (χ0v) is 17.3. The molecule has 6 nitrogen and oxygen atoms in total. The fraction of sp³-hybridized carbons (Fsp3) is 0.300. The molecule has 0 fully saturated rings. The lowest BCUT2D eigenvalue weighted by Crippen LogP contribution is -2.28. The van der Waals surface area contributed by atoms with Gasteiger partial charge in [-0.05, 0) is 30.7 Å². The second-order valence-corrected chi connectivity index (χ2v) is 10.2. The summed E-state index contributed by atoms with van der Waals surface area (Å²) in [6.45, 7) is 2.23. The molecule has 2 aromatic carbocycles. The van der Waals surface area contributed by atoms with Crippen molar-refractivity contribution in [2.75, 3.05) is 18.1 Å². The normalized spacial score (nSPS) is 16.2. The van der Waals surface area contributed by atoms with E-state index in [1.165, 1.54) is 28.8 Å². The number of carbonyl (C=O) groups excluding carboxylic acids is 2. The molecule has 8 heteroatoms. The van der Waals surface area contributed by atoms with E-state index in [2.05, 4.69) is 5.32 Å². The summed E-state index contributed by atoms with van der Waals surface area (Å²) in [4.78, 5) is 26.6. The van der Waals surface area contributed by atoms with E-state index in [0.29, 0.717) is 12.2 Å². The van der Waals surface area contributed by atoms with Gasteiger partial charge >= 0.3 is 0 Å². The molecular formula is C20H22N2O4S2. The van der Waals surface area contributed by atoms with Crippen LogP contribution >= 0.6 is 11.8 Å². The van der Waals surface area contributed by atoms with Crippen LogP contribution in [0.5, 0.6) is 0 Å². The molecule has 2 amide bonds. The van der Waals surface area contributed by atoms with Crippen LogP contribution in [0.25, 0.3) is 0 Å². The number of nitrogens with zero attached hydrogens (tertiary/aromatic N) is 1. The molecule has 0 aliphatic carbocycles. The lowest BCUT2D eigenvalue weighted by atomic mass is 10.2. The molecule has 0 saturated carbocycles. The molecule has 0 spiro atoms. The third-order valence-electron chi connectivity index (χ3n) is 4.51. The first-order chi connectivity index (χ1) is 13.3. The highest BCUT2D eigenvalue weighted by Crippen LogP contribution is 2.36. The number of hydrogen-bond acceptors (Lipinski definition) is 5. The van der Waals surface area contributed by atoms with E-state index in [4.69, 9.17) is 0 Å². The van der Waals surface area contributed by atoms with Gasteiger partial charge in [-0.15, -0.1) is 11.8 Å². The van der Waals surface area contributed by atoms with Crippen molar-refractivity contribution in [3.8, 4) is 0 Å². The van der Waals surface area contributed by atoms with Crippen LogP contribution in [0.4, 0.5) is 5.69 Å². The molecule has 2 aromatic rings. The van der Waals surface area contributed by atoms with Gasteiger partial charge in [-0.1, -0.05) is 30.3 Å². The van der Waals surface area contributed by atoms with E-state index in [0.717, 1.165) is 10.5 Å². The second-order valence-electron chi connectivity index (χ2n) is 6.71. The van der Waals surface area contributed by atoms with Gasteiger partial charge in [0, 0.05) is 24.9 Å². The number of fused-ring (bicyclic) bond motifs is 1. The maximum absolute atomic E-state index is 12.7. The van der Waals surface area contributed by atoms with Crippen molar-refractivity contribution in [2.45, 2.75) is 34.9 Å². The molecule has 148 valence electrons. The molecule has 28 heavy (non-hydrogen) atoms. The van der Waals surface area contributed by atoms with E-state index in [1.807, 2.05) is 30.3 Å². The molecule has 0 saturated heterocycles. The predicted octanol–water partition coefficient (Wildman–Crippen LogP) is 2.94. The maximum atomic E-state index is 12.7. The fourth-order valence-electron chi connectivity index (χ4n) is 2.86. The predicted molar refractivity (Wildman–Crippen MR) is 110 cm³/mol. The van der Waals surface area contributed by atoms with Gasteiger partial charge in [-0.2, -0.15) is 0 Å². The summed E-state index contributed by atoms with van der Waals surface area (Å²) in [5.41, 5.74) is 1.49. The van der Waals surface area contributed by atoms with Gasteiger partial charge in [0.25, 0.3) is 0 Å². The molecular weight excluding hydrogens is 396 g/mol. The van der Waals surface area contributed by atoms with Crippen LogP contribution in [0.2, 0.25) is 0 Å². The van der Waals surface area contributed by atoms with Crippen molar-refractivity contribution in [2.24, 2.45) is 0 Å². The number of benzene rings is 2. The van der Waals surface area contributed by atoms with Crippen molar-refractivity contribution in [1.82, 2.24) is 4.90 Å². The SMILES string of the molecule is C[C@H]1Sc2ccc(S(=O)(=O)CCC(=O)N(C)Cc3ccccc3)cc2NC1=O. The zero-order chi connectivity index (χ0) is 20.3. The minimum absolute atomic E-state index is 0.0963. The van der Waals surface area contributed by atoms with E-state index in [1.54, 1.807) is 20.0 Å². The largest absolute Gasteiger partial charge is 0.341 e. The summed E-state index contributed by atoms with van der Waals surface area (Å²) < 4.78 is 25.3. The first kappa shape index (κ1) is 20.4. The van der Waals surface area contributed by atoms with Gasteiger partial charge in [0.05, 0.1) is 21.6 Å². The van der Waals surface area contributed by atoms with Crippen LogP contribution in [-0.2, 0) is 26.0 Å². The van der Waals surface area contributed by atoms with Gasteiger partial charge in [0.15, 0.2) is 9.84 Å². The summed E-state index contributed by atoms with van der Waals surface area (Å²) >= 11 is 1.39. The molecule has 1 aliphatic rings. The number of rotatable bonds is 6. The molecule has 1 aliphatic heterocycles. The van der Waals surface area contributed by atoms with Gasteiger partial charge < -0.3 is 10.2 Å². The Labute approximate surface area is 169 Å². The van der Waals surface area contributed by atoms with Crippen molar-refractivity contribution >= 4 is 39.1 Å². The van der Waals surface area contributed by atoms with Crippen molar-refractivity contribution in [1.29, 1.82) is 0 Å². The molecule has 3 rings (SSSR count).